The highest BCUT2D eigenvalue weighted by atomic mass is 35.7. The third-order valence-corrected chi connectivity index (χ3v) is 5.17. The molecule has 0 saturated heterocycles. The van der Waals surface area contributed by atoms with Crippen LogP contribution >= 0.6 is 45.5 Å². The minimum Gasteiger partial charge on any atom is -0.308 e. The van der Waals surface area contributed by atoms with E-state index >= 15 is 0 Å². The first-order valence-corrected chi connectivity index (χ1v) is 9.38. The summed E-state index contributed by atoms with van der Waals surface area (Å²) >= 11 is 17.5. The van der Waals surface area contributed by atoms with Crippen LogP contribution in [0.2, 0.25) is 15.1 Å². The Hall–Kier alpha value is -1.18. The van der Waals surface area contributed by atoms with Crippen LogP contribution in [0.25, 0.3) is 0 Å². The quantitative estimate of drug-likeness (QED) is 0.677. The number of anilines is 2. The van der Waals surface area contributed by atoms with Gasteiger partial charge < -0.3 is 10.6 Å². The van der Waals surface area contributed by atoms with E-state index in [9.17, 15) is 13.2 Å². The number of carbonyl (C=O) groups excluding carboxylic acids is 1. The van der Waals surface area contributed by atoms with Crippen molar-refractivity contribution in [1.29, 1.82) is 0 Å². The number of benzene rings is 2. The fraction of sp³-hybridized carbons (Fsp3) is 0. The highest BCUT2D eigenvalue weighted by Crippen LogP contribution is 2.28. The van der Waals surface area contributed by atoms with E-state index in [4.69, 9.17) is 45.5 Å². The number of amides is 2. The summed E-state index contributed by atoms with van der Waals surface area (Å²) in [6, 6.07) is 7.85. The summed E-state index contributed by atoms with van der Waals surface area (Å²) < 4.78 is 22.5. The number of hydrogen-bond acceptors (Lipinski definition) is 3. The molecule has 0 spiro atoms. The lowest BCUT2D eigenvalue weighted by molar-refractivity contribution is 0.262. The van der Waals surface area contributed by atoms with E-state index in [0.29, 0.717) is 15.7 Å². The first kappa shape index (κ1) is 18.2. The Kier molecular flexibility index (Phi) is 5.65. The van der Waals surface area contributed by atoms with Crippen LogP contribution in [0.4, 0.5) is 16.2 Å². The van der Waals surface area contributed by atoms with Crippen molar-refractivity contribution in [3.05, 3.63) is 51.5 Å². The lowest BCUT2D eigenvalue weighted by Crippen LogP contribution is -2.19. The molecule has 0 aliphatic heterocycles. The Morgan fingerprint density at radius 2 is 1.35 bits per heavy atom. The molecule has 10 heteroatoms. The Morgan fingerprint density at radius 3 is 1.83 bits per heavy atom. The molecule has 0 radical (unpaired) electrons. The van der Waals surface area contributed by atoms with Crippen molar-refractivity contribution in [2.24, 2.45) is 0 Å². The predicted molar refractivity (Wildman–Crippen MR) is 93.6 cm³/mol. The van der Waals surface area contributed by atoms with E-state index in [1.54, 1.807) is 6.07 Å². The van der Waals surface area contributed by atoms with Gasteiger partial charge in [-0.25, -0.2) is 13.2 Å². The summed E-state index contributed by atoms with van der Waals surface area (Å²) in [6.07, 6.45) is 0. The van der Waals surface area contributed by atoms with Gasteiger partial charge in [-0.2, -0.15) is 0 Å². The van der Waals surface area contributed by atoms with Crippen molar-refractivity contribution in [3.63, 3.8) is 0 Å². The Morgan fingerprint density at radius 1 is 0.826 bits per heavy atom. The van der Waals surface area contributed by atoms with Crippen molar-refractivity contribution in [3.8, 4) is 0 Å². The van der Waals surface area contributed by atoms with Crippen LogP contribution < -0.4 is 10.6 Å². The zero-order valence-electron chi connectivity index (χ0n) is 11.1. The highest BCUT2D eigenvalue weighted by Gasteiger charge is 2.15. The van der Waals surface area contributed by atoms with Gasteiger partial charge in [0.1, 0.15) is 4.90 Å². The smallest absolute Gasteiger partial charge is 0.308 e. The van der Waals surface area contributed by atoms with Crippen molar-refractivity contribution >= 4 is 71.9 Å². The van der Waals surface area contributed by atoms with Crippen LogP contribution in [-0.2, 0) is 9.05 Å². The van der Waals surface area contributed by atoms with Crippen LogP contribution in [-0.4, -0.2) is 14.4 Å². The maximum absolute atomic E-state index is 11.9. The molecule has 2 N–H and O–H groups in total. The molecule has 0 aromatic heterocycles. The Balaban J connectivity index is 2.11. The second-order valence-electron chi connectivity index (χ2n) is 4.29. The molecule has 0 bridgehead atoms. The van der Waals surface area contributed by atoms with Crippen molar-refractivity contribution in [2.75, 3.05) is 10.6 Å². The molecule has 2 amide bonds. The fourth-order valence-corrected chi connectivity index (χ4v) is 3.47. The molecule has 2 aromatic rings. The van der Waals surface area contributed by atoms with Gasteiger partial charge in [-0.15, -0.1) is 0 Å². The van der Waals surface area contributed by atoms with E-state index in [-0.39, 0.29) is 15.6 Å². The topological polar surface area (TPSA) is 75.3 Å². The maximum Gasteiger partial charge on any atom is 0.323 e. The molecule has 122 valence electrons. The molecule has 2 rings (SSSR count). The van der Waals surface area contributed by atoms with Gasteiger partial charge in [-0.1, -0.05) is 34.8 Å². The standard InChI is InChI=1S/C13H8Cl4N2O3S/c14-9-3-1-7(5-10(9)15)18-13(20)19-8-2-4-12(11(16)6-8)23(17,21)22/h1-6H,(H2,18,19,20). The number of halogens is 4. The SMILES string of the molecule is O=C(Nc1ccc(Cl)c(Cl)c1)Nc1ccc(S(=O)(=O)Cl)c(Cl)c1. The van der Waals surface area contributed by atoms with Crippen molar-refractivity contribution in [2.45, 2.75) is 4.90 Å². The third kappa shape index (κ3) is 4.89. The average molecular weight is 414 g/mol. The first-order chi connectivity index (χ1) is 10.7. The number of urea groups is 1. The van der Waals surface area contributed by atoms with Crippen LogP contribution in [0.5, 0.6) is 0 Å². The van der Waals surface area contributed by atoms with Crippen molar-refractivity contribution in [1.82, 2.24) is 0 Å². The Bertz CT molecular complexity index is 872. The van der Waals surface area contributed by atoms with Gasteiger partial charge >= 0.3 is 6.03 Å². The lowest BCUT2D eigenvalue weighted by atomic mass is 10.3. The van der Waals surface area contributed by atoms with Gasteiger partial charge in [0.2, 0.25) is 0 Å². The highest BCUT2D eigenvalue weighted by molar-refractivity contribution is 8.13. The summed E-state index contributed by atoms with van der Waals surface area (Å²) in [5, 5.41) is 5.59. The zero-order valence-corrected chi connectivity index (χ0v) is 14.9. The van der Waals surface area contributed by atoms with E-state index in [1.165, 1.54) is 30.3 Å². The van der Waals surface area contributed by atoms with Gasteiger partial charge in [0.25, 0.3) is 9.05 Å². The summed E-state index contributed by atoms with van der Waals surface area (Å²) in [5.41, 5.74) is 0.722. The number of hydrogen-bond donors (Lipinski definition) is 2. The summed E-state index contributed by atoms with van der Waals surface area (Å²) in [4.78, 5) is 11.6. The van der Waals surface area contributed by atoms with Crippen LogP contribution in [0.3, 0.4) is 0 Å². The van der Waals surface area contributed by atoms with Crippen LogP contribution in [0.15, 0.2) is 41.3 Å². The molecule has 0 unspecified atom stereocenters. The summed E-state index contributed by atoms with van der Waals surface area (Å²) in [7, 11) is 1.27. The van der Waals surface area contributed by atoms with Gasteiger partial charge in [0.15, 0.2) is 0 Å². The molecular formula is C13H8Cl4N2O3S. The molecule has 0 saturated carbocycles. The molecule has 0 heterocycles. The van der Waals surface area contributed by atoms with E-state index in [1.807, 2.05) is 0 Å². The molecule has 0 aliphatic carbocycles. The first-order valence-electron chi connectivity index (χ1n) is 5.94. The zero-order chi connectivity index (χ0) is 17.2. The van der Waals surface area contributed by atoms with E-state index in [0.717, 1.165) is 0 Å². The number of rotatable bonds is 3. The minimum atomic E-state index is -3.95. The third-order valence-electron chi connectivity index (χ3n) is 2.63. The Labute approximate surface area is 151 Å². The second-order valence-corrected chi connectivity index (χ2v) is 8.05. The van der Waals surface area contributed by atoms with Crippen molar-refractivity contribution < 1.29 is 13.2 Å². The molecule has 23 heavy (non-hydrogen) atoms. The van der Waals surface area contributed by atoms with Crippen LogP contribution in [0.1, 0.15) is 0 Å². The van der Waals surface area contributed by atoms with Gasteiger partial charge in [-0.05, 0) is 36.4 Å². The lowest BCUT2D eigenvalue weighted by Gasteiger charge is -2.09. The van der Waals surface area contributed by atoms with E-state index < -0.39 is 15.1 Å². The molecule has 2 aromatic carbocycles. The normalized spacial score (nSPS) is 11.1. The van der Waals surface area contributed by atoms with Gasteiger partial charge in [0.05, 0.1) is 15.1 Å². The minimum absolute atomic E-state index is 0.104. The van der Waals surface area contributed by atoms with Crippen LogP contribution in [0, 0.1) is 0 Å². The number of carbonyl (C=O) groups is 1. The monoisotopic (exact) mass is 412 g/mol. The number of nitrogens with one attached hydrogen (secondary N) is 2. The molecule has 0 atom stereocenters. The molecule has 0 aliphatic rings. The largest absolute Gasteiger partial charge is 0.323 e. The summed E-state index contributed by atoms with van der Waals surface area (Å²) in [5.74, 6) is 0. The van der Waals surface area contributed by atoms with Gasteiger partial charge in [-0.3, -0.25) is 0 Å². The molecular weight excluding hydrogens is 406 g/mol. The average Bonchev–Trinajstić information content (AvgIpc) is 2.41. The predicted octanol–water partition coefficient (Wildman–Crippen LogP) is 5.22. The van der Waals surface area contributed by atoms with E-state index in [2.05, 4.69) is 10.6 Å². The maximum atomic E-state index is 11.9. The fourth-order valence-electron chi connectivity index (χ4n) is 1.64. The molecule has 0 fully saturated rings. The van der Waals surface area contributed by atoms with Gasteiger partial charge in [0, 0.05) is 22.1 Å². The second kappa shape index (κ2) is 7.15. The summed E-state index contributed by atoms with van der Waals surface area (Å²) in [6.45, 7) is 0. The molecule has 5 nitrogen and oxygen atoms in total.